The van der Waals surface area contributed by atoms with E-state index in [0.29, 0.717) is 0 Å². The second kappa shape index (κ2) is 1.94. The lowest BCUT2D eigenvalue weighted by Gasteiger charge is -2.48. The summed E-state index contributed by atoms with van der Waals surface area (Å²) >= 11 is 0. The van der Waals surface area contributed by atoms with Crippen molar-refractivity contribution >= 4 is 0 Å². The summed E-state index contributed by atoms with van der Waals surface area (Å²) in [4.78, 5) is 2.20. The zero-order chi connectivity index (χ0) is 7.07. The summed E-state index contributed by atoms with van der Waals surface area (Å²) < 4.78 is 0. The average Bonchev–Trinajstić information content (AvgIpc) is 1.57. The molecule has 1 heterocycles. The van der Waals surface area contributed by atoms with Gasteiger partial charge in [0.25, 0.3) is 0 Å². The van der Waals surface area contributed by atoms with Gasteiger partial charge in [0, 0.05) is 5.54 Å². The maximum absolute atomic E-state index is 5.62. The molecule has 3 heteroatoms. The smallest absolute Gasteiger partial charge is 0.114 e. The van der Waals surface area contributed by atoms with E-state index in [9.17, 15) is 0 Å². The maximum Gasteiger partial charge on any atom is 0.114 e. The third-order valence-corrected chi connectivity index (χ3v) is 1.67. The molecular formula is C6H15N3. The van der Waals surface area contributed by atoms with Crippen LogP contribution in [0.25, 0.3) is 0 Å². The number of rotatable bonds is 0. The van der Waals surface area contributed by atoms with Crippen LogP contribution in [0.2, 0.25) is 0 Å². The van der Waals surface area contributed by atoms with E-state index in [1.807, 2.05) is 0 Å². The molecule has 0 radical (unpaired) electrons. The molecule has 0 aliphatic carbocycles. The summed E-state index contributed by atoms with van der Waals surface area (Å²) in [7, 11) is 0. The first-order valence-electron chi connectivity index (χ1n) is 3.27. The van der Waals surface area contributed by atoms with Gasteiger partial charge in [-0.15, -0.1) is 0 Å². The van der Waals surface area contributed by atoms with Crippen molar-refractivity contribution in [3.63, 3.8) is 0 Å². The molecule has 1 fully saturated rings. The van der Waals surface area contributed by atoms with Crippen molar-refractivity contribution in [3.05, 3.63) is 0 Å². The molecular weight excluding hydrogens is 114 g/mol. The van der Waals surface area contributed by atoms with Crippen LogP contribution >= 0.6 is 0 Å². The number of hydrogen-bond acceptors (Lipinski definition) is 3. The Morgan fingerprint density at radius 1 is 1.56 bits per heavy atom. The molecule has 0 spiro atoms. The summed E-state index contributed by atoms with van der Waals surface area (Å²) in [6.07, 6.45) is 0.0741. The molecule has 3 N–H and O–H groups in total. The first-order chi connectivity index (χ1) is 4.02. The number of hydrogen-bond donors (Lipinski definition) is 2. The quantitative estimate of drug-likeness (QED) is 0.479. The SMILES string of the molecule is CC(C)(C)N1CNC1N. The Bertz CT molecular complexity index is 105. The lowest BCUT2D eigenvalue weighted by atomic mass is 10.1. The van der Waals surface area contributed by atoms with Gasteiger partial charge in [-0.3, -0.25) is 10.2 Å². The van der Waals surface area contributed by atoms with Crippen LogP contribution in [0.15, 0.2) is 0 Å². The Balaban J connectivity index is 2.44. The fourth-order valence-electron chi connectivity index (χ4n) is 0.942. The molecule has 0 amide bonds. The number of nitrogens with zero attached hydrogens (tertiary/aromatic N) is 1. The molecule has 3 nitrogen and oxygen atoms in total. The lowest BCUT2D eigenvalue weighted by Crippen LogP contribution is -2.71. The Morgan fingerprint density at radius 2 is 2.11 bits per heavy atom. The first-order valence-corrected chi connectivity index (χ1v) is 3.27. The van der Waals surface area contributed by atoms with Crippen molar-refractivity contribution in [2.75, 3.05) is 6.67 Å². The molecule has 54 valence electrons. The van der Waals surface area contributed by atoms with Crippen LogP contribution < -0.4 is 11.1 Å². The molecule has 1 rings (SSSR count). The highest BCUT2D eigenvalue weighted by Gasteiger charge is 2.32. The highest BCUT2D eigenvalue weighted by atomic mass is 15.5. The van der Waals surface area contributed by atoms with Crippen LogP contribution in [0.1, 0.15) is 20.8 Å². The largest absolute Gasteiger partial charge is 0.303 e. The van der Waals surface area contributed by atoms with E-state index in [0.717, 1.165) is 6.67 Å². The minimum Gasteiger partial charge on any atom is -0.303 e. The molecule has 1 aliphatic rings. The van der Waals surface area contributed by atoms with E-state index in [1.54, 1.807) is 0 Å². The van der Waals surface area contributed by atoms with Crippen LogP contribution in [0.3, 0.4) is 0 Å². The fraction of sp³-hybridized carbons (Fsp3) is 1.00. The Labute approximate surface area is 56.2 Å². The van der Waals surface area contributed by atoms with Gasteiger partial charge >= 0.3 is 0 Å². The number of nitrogens with two attached hydrogens (primary N) is 1. The van der Waals surface area contributed by atoms with Crippen LogP contribution in [0.4, 0.5) is 0 Å². The van der Waals surface area contributed by atoms with E-state index in [1.165, 1.54) is 0 Å². The molecule has 0 aromatic heterocycles. The predicted molar refractivity (Wildman–Crippen MR) is 37.6 cm³/mol. The van der Waals surface area contributed by atoms with Crippen molar-refractivity contribution in [1.29, 1.82) is 0 Å². The summed E-state index contributed by atoms with van der Waals surface area (Å²) in [5.74, 6) is 0. The third-order valence-electron chi connectivity index (χ3n) is 1.67. The predicted octanol–water partition coefficient (Wildman–Crippen LogP) is -0.110. The molecule has 0 aromatic rings. The average molecular weight is 129 g/mol. The topological polar surface area (TPSA) is 41.3 Å². The van der Waals surface area contributed by atoms with Crippen molar-refractivity contribution in [2.24, 2.45) is 5.73 Å². The Kier molecular flexibility index (Phi) is 1.50. The maximum atomic E-state index is 5.62. The van der Waals surface area contributed by atoms with Crippen LogP contribution in [0.5, 0.6) is 0 Å². The second-order valence-electron chi connectivity index (χ2n) is 3.45. The molecule has 1 aliphatic heterocycles. The lowest BCUT2D eigenvalue weighted by molar-refractivity contribution is -0.0269. The van der Waals surface area contributed by atoms with E-state index in [-0.39, 0.29) is 11.8 Å². The van der Waals surface area contributed by atoms with Gasteiger partial charge < -0.3 is 5.73 Å². The summed E-state index contributed by atoms with van der Waals surface area (Å²) in [6.45, 7) is 7.40. The summed E-state index contributed by atoms with van der Waals surface area (Å²) in [5.41, 5.74) is 5.84. The van der Waals surface area contributed by atoms with Crippen LogP contribution in [0, 0.1) is 0 Å². The van der Waals surface area contributed by atoms with Gasteiger partial charge in [-0.1, -0.05) is 0 Å². The van der Waals surface area contributed by atoms with Crippen molar-refractivity contribution < 1.29 is 0 Å². The van der Waals surface area contributed by atoms with Crippen molar-refractivity contribution in [3.8, 4) is 0 Å². The highest BCUT2D eigenvalue weighted by Crippen LogP contribution is 2.16. The highest BCUT2D eigenvalue weighted by molar-refractivity contribution is 4.84. The molecule has 0 aromatic carbocycles. The normalized spacial score (nSPS) is 30.0. The van der Waals surface area contributed by atoms with E-state index >= 15 is 0 Å². The van der Waals surface area contributed by atoms with Gasteiger partial charge in [-0.05, 0) is 20.8 Å². The standard InChI is InChI=1S/C6H15N3/c1-6(2,3)9-4-8-5(9)7/h5,8H,4,7H2,1-3H3. The van der Waals surface area contributed by atoms with Crippen LogP contribution in [-0.2, 0) is 0 Å². The molecule has 1 atom stereocenters. The molecule has 1 saturated heterocycles. The molecule has 0 saturated carbocycles. The van der Waals surface area contributed by atoms with Gasteiger partial charge in [0.05, 0.1) is 6.67 Å². The summed E-state index contributed by atoms with van der Waals surface area (Å²) in [6, 6.07) is 0. The van der Waals surface area contributed by atoms with E-state index < -0.39 is 0 Å². The molecule has 0 bridgehead atoms. The van der Waals surface area contributed by atoms with Gasteiger partial charge in [-0.25, -0.2) is 0 Å². The second-order valence-corrected chi connectivity index (χ2v) is 3.45. The van der Waals surface area contributed by atoms with E-state index in [2.05, 4.69) is 31.0 Å². The van der Waals surface area contributed by atoms with Gasteiger partial charge in [0.15, 0.2) is 0 Å². The Hall–Kier alpha value is -0.120. The first kappa shape index (κ1) is 6.99. The third kappa shape index (κ3) is 1.23. The zero-order valence-corrected chi connectivity index (χ0v) is 6.31. The minimum atomic E-state index is 0.0741. The molecule has 1 unspecified atom stereocenters. The zero-order valence-electron chi connectivity index (χ0n) is 6.31. The van der Waals surface area contributed by atoms with Crippen LogP contribution in [-0.4, -0.2) is 23.4 Å². The monoisotopic (exact) mass is 129 g/mol. The molecule has 9 heavy (non-hydrogen) atoms. The van der Waals surface area contributed by atoms with Gasteiger partial charge in [-0.2, -0.15) is 0 Å². The number of nitrogens with one attached hydrogen (secondary N) is 1. The Morgan fingerprint density at radius 3 is 2.11 bits per heavy atom. The van der Waals surface area contributed by atoms with E-state index in [4.69, 9.17) is 5.73 Å². The van der Waals surface area contributed by atoms with Gasteiger partial charge in [0.1, 0.15) is 6.29 Å². The summed E-state index contributed by atoms with van der Waals surface area (Å²) in [5, 5.41) is 3.07. The van der Waals surface area contributed by atoms with Gasteiger partial charge in [0.2, 0.25) is 0 Å². The van der Waals surface area contributed by atoms with Crippen molar-refractivity contribution in [2.45, 2.75) is 32.6 Å². The van der Waals surface area contributed by atoms with Crippen molar-refractivity contribution in [1.82, 2.24) is 10.2 Å². The fourth-order valence-corrected chi connectivity index (χ4v) is 0.942. The minimum absolute atomic E-state index is 0.0741.